The molecule has 1 N–H and O–H groups in total. The number of piperazine rings is 1. The second kappa shape index (κ2) is 8.02. The SMILES string of the molecule is CC(C)c1ccccc1NC(=O)N1CCN(C2CCCCC2)CC1. The molecule has 1 aromatic carbocycles. The van der Waals surface area contributed by atoms with Crippen molar-refractivity contribution in [2.75, 3.05) is 31.5 Å². The van der Waals surface area contributed by atoms with Crippen LogP contribution < -0.4 is 5.32 Å². The smallest absolute Gasteiger partial charge is 0.321 e. The van der Waals surface area contributed by atoms with Crippen LogP contribution in [0.5, 0.6) is 0 Å². The third kappa shape index (κ3) is 4.10. The molecule has 0 aromatic heterocycles. The fraction of sp³-hybridized carbons (Fsp3) is 0.650. The van der Waals surface area contributed by atoms with E-state index in [4.69, 9.17) is 0 Å². The monoisotopic (exact) mass is 329 g/mol. The Kier molecular flexibility index (Phi) is 5.77. The number of amides is 2. The first kappa shape index (κ1) is 17.3. The van der Waals surface area contributed by atoms with E-state index in [1.165, 1.54) is 37.7 Å². The Morgan fingerprint density at radius 2 is 1.71 bits per heavy atom. The highest BCUT2D eigenvalue weighted by Crippen LogP contribution is 2.25. The van der Waals surface area contributed by atoms with Gasteiger partial charge >= 0.3 is 6.03 Å². The van der Waals surface area contributed by atoms with Crippen LogP contribution in [0.25, 0.3) is 0 Å². The zero-order chi connectivity index (χ0) is 16.9. The molecule has 3 rings (SSSR count). The maximum atomic E-state index is 12.6. The molecule has 132 valence electrons. The summed E-state index contributed by atoms with van der Waals surface area (Å²) in [6, 6.07) is 8.93. The lowest BCUT2D eigenvalue weighted by Crippen LogP contribution is -2.53. The Bertz CT molecular complexity index is 544. The topological polar surface area (TPSA) is 35.6 Å². The van der Waals surface area contributed by atoms with Gasteiger partial charge in [0.2, 0.25) is 0 Å². The molecule has 2 aliphatic rings. The average molecular weight is 329 g/mol. The maximum absolute atomic E-state index is 12.6. The molecule has 1 saturated heterocycles. The minimum absolute atomic E-state index is 0.0476. The van der Waals surface area contributed by atoms with Crippen molar-refractivity contribution < 1.29 is 4.79 Å². The summed E-state index contributed by atoms with van der Waals surface area (Å²) in [5.41, 5.74) is 2.15. The summed E-state index contributed by atoms with van der Waals surface area (Å²) >= 11 is 0. The number of hydrogen-bond donors (Lipinski definition) is 1. The second-order valence-electron chi connectivity index (χ2n) is 7.49. The van der Waals surface area contributed by atoms with Crippen LogP contribution in [0.1, 0.15) is 57.4 Å². The van der Waals surface area contributed by atoms with E-state index in [0.717, 1.165) is 37.9 Å². The molecule has 2 amide bonds. The number of nitrogens with one attached hydrogen (secondary N) is 1. The molecule has 4 nitrogen and oxygen atoms in total. The van der Waals surface area contributed by atoms with E-state index in [1.54, 1.807) is 0 Å². The molecule has 1 aliphatic carbocycles. The lowest BCUT2D eigenvalue weighted by atomic mass is 9.94. The summed E-state index contributed by atoms with van der Waals surface area (Å²) in [5.74, 6) is 0.407. The van der Waals surface area contributed by atoms with Crippen LogP contribution >= 0.6 is 0 Å². The molecule has 0 radical (unpaired) electrons. The van der Waals surface area contributed by atoms with Gasteiger partial charge in [-0.15, -0.1) is 0 Å². The van der Waals surface area contributed by atoms with Crippen LogP contribution in [0, 0.1) is 0 Å². The molecular weight excluding hydrogens is 298 g/mol. The van der Waals surface area contributed by atoms with Gasteiger partial charge in [0.15, 0.2) is 0 Å². The molecule has 0 bridgehead atoms. The van der Waals surface area contributed by atoms with Gasteiger partial charge in [-0.1, -0.05) is 51.3 Å². The Morgan fingerprint density at radius 3 is 2.38 bits per heavy atom. The zero-order valence-electron chi connectivity index (χ0n) is 15.1. The fourth-order valence-electron chi connectivity index (χ4n) is 4.04. The number of rotatable bonds is 3. The summed E-state index contributed by atoms with van der Waals surface area (Å²) in [6.07, 6.45) is 6.82. The Balaban J connectivity index is 1.54. The molecule has 0 atom stereocenters. The van der Waals surface area contributed by atoms with Crippen molar-refractivity contribution in [3.05, 3.63) is 29.8 Å². The number of carbonyl (C=O) groups excluding carboxylic acids is 1. The molecule has 24 heavy (non-hydrogen) atoms. The standard InChI is InChI=1S/C20H31N3O/c1-16(2)18-10-6-7-11-19(18)21-20(24)23-14-12-22(13-15-23)17-8-4-3-5-9-17/h6-7,10-11,16-17H,3-5,8-9,12-15H2,1-2H3,(H,21,24). The summed E-state index contributed by atoms with van der Waals surface area (Å²) < 4.78 is 0. The molecule has 1 saturated carbocycles. The first-order valence-corrected chi connectivity index (χ1v) is 9.54. The van der Waals surface area contributed by atoms with Crippen molar-refractivity contribution in [3.63, 3.8) is 0 Å². The number of anilines is 1. The molecule has 1 aromatic rings. The summed E-state index contributed by atoms with van der Waals surface area (Å²) in [5, 5.41) is 3.12. The first-order valence-electron chi connectivity index (χ1n) is 9.54. The van der Waals surface area contributed by atoms with Crippen molar-refractivity contribution in [1.29, 1.82) is 0 Å². The zero-order valence-corrected chi connectivity index (χ0v) is 15.1. The van der Waals surface area contributed by atoms with Gasteiger partial charge in [-0.25, -0.2) is 4.79 Å². The van der Waals surface area contributed by atoms with Crippen LogP contribution in [-0.4, -0.2) is 48.1 Å². The van der Waals surface area contributed by atoms with Crippen LogP contribution in [0.2, 0.25) is 0 Å². The van der Waals surface area contributed by atoms with E-state index in [-0.39, 0.29) is 6.03 Å². The van der Waals surface area contributed by atoms with Gasteiger partial charge in [0.25, 0.3) is 0 Å². The maximum Gasteiger partial charge on any atom is 0.321 e. The quantitative estimate of drug-likeness (QED) is 0.898. The minimum atomic E-state index is 0.0476. The van der Waals surface area contributed by atoms with Crippen molar-refractivity contribution in [2.24, 2.45) is 0 Å². The van der Waals surface area contributed by atoms with E-state index in [9.17, 15) is 4.79 Å². The highest BCUT2D eigenvalue weighted by Gasteiger charge is 2.27. The van der Waals surface area contributed by atoms with Gasteiger partial charge in [0.1, 0.15) is 0 Å². The predicted molar refractivity (Wildman–Crippen MR) is 99.6 cm³/mol. The number of urea groups is 1. The van der Waals surface area contributed by atoms with E-state index < -0.39 is 0 Å². The van der Waals surface area contributed by atoms with E-state index in [2.05, 4.69) is 30.1 Å². The van der Waals surface area contributed by atoms with Gasteiger partial charge < -0.3 is 10.2 Å². The Labute approximate surface area is 146 Å². The third-order valence-corrected chi connectivity index (χ3v) is 5.52. The largest absolute Gasteiger partial charge is 0.322 e. The molecule has 1 aliphatic heterocycles. The third-order valence-electron chi connectivity index (χ3n) is 5.52. The molecule has 2 fully saturated rings. The van der Waals surface area contributed by atoms with Gasteiger partial charge in [0.05, 0.1) is 0 Å². The van der Waals surface area contributed by atoms with Crippen LogP contribution in [-0.2, 0) is 0 Å². The van der Waals surface area contributed by atoms with Crippen molar-refractivity contribution >= 4 is 11.7 Å². The van der Waals surface area contributed by atoms with Crippen molar-refractivity contribution in [1.82, 2.24) is 9.80 Å². The van der Waals surface area contributed by atoms with Crippen molar-refractivity contribution in [3.8, 4) is 0 Å². The van der Waals surface area contributed by atoms with Gasteiger partial charge in [-0.2, -0.15) is 0 Å². The van der Waals surface area contributed by atoms with E-state index in [1.807, 2.05) is 23.1 Å². The van der Waals surface area contributed by atoms with Gasteiger partial charge in [-0.3, -0.25) is 4.90 Å². The predicted octanol–water partition coefficient (Wildman–Crippen LogP) is 4.29. The van der Waals surface area contributed by atoms with E-state index >= 15 is 0 Å². The first-order chi connectivity index (χ1) is 11.6. The number of benzene rings is 1. The molecule has 0 spiro atoms. The van der Waals surface area contributed by atoms with Crippen LogP contribution in [0.3, 0.4) is 0 Å². The van der Waals surface area contributed by atoms with Crippen molar-refractivity contribution in [2.45, 2.75) is 57.9 Å². The number of hydrogen-bond acceptors (Lipinski definition) is 2. The summed E-state index contributed by atoms with van der Waals surface area (Å²) in [6.45, 7) is 8.04. The fourth-order valence-corrected chi connectivity index (χ4v) is 4.04. The number of nitrogens with zero attached hydrogens (tertiary/aromatic N) is 2. The molecule has 0 unspecified atom stereocenters. The highest BCUT2D eigenvalue weighted by molar-refractivity contribution is 5.90. The van der Waals surface area contributed by atoms with Gasteiger partial charge in [0, 0.05) is 37.9 Å². The molecule has 4 heteroatoms. The van der Waals surface area contributed by atoms with E-state index in [0.29, 0.717) is 5.92 Å². The summed E-state index contributed by atoms with van der Waals surface area (Å²) in [4.78, 5) is 17.2. The minimum Gasteiger partial charge on any atom is -0.322 e. The normalized spacial score (nSPS) is 20.4. The highest BCUT2D eigenvalue weighted by atomic mass is 16.2. The average Bonchev–Trinajstić information content (AvgIpc) is 2.63. The Hall–Kier alpha value is -1.55. The lowest BCUT2D eigenvalue weighted by Gasteiger charge is -2.40. The number of carbonyl (C=O) groups is 1. The molecule has 1 heterocycles. The second-order valence-corrected chi connectivity index (χ2v) is 7.49. The van der Waals surface area contributed by atoms with Crippen LogP contribution in [0.4, 0.5) is 10.5 Å². The lowest BCUT2D eigenvalue weighted by molar-refractivity contribution is 0.0943. The molecular formula is C20H31N3O. The Morgan fingerprint density at radius 1 is 1.04 bits per heavy atom. The summed E-state index contributed by atoms with van der Waals surface area (Å²) in [7, 11) is 0. The van der Waals surface area contributed by atoms with Gasteiger partial charge in [-0.05, 0) is 30.4 Å². The number of para-hydroxylation sites is 1. The van der Waals surface area contributed by atoms with Crippen LogP contribution in [0.15, 0.2) is 24.3 Å².